The van der Waals surface area contributed by atoms with Crippen LogP contribution >= 0.6 is 23.2 Å². The monoisotopic (exact) mass is 228 g/mol. The molecule has 0 fully saturated rings. The van der Waals surface area contributed by atoms with E-state index in [-0.39, 0.29) is 0 Å². The van der Waals surface area contributed by atoms with Crippen LogP contribution in [-0.2, 0) is 4.79 Å². The molecular weight excluding hydrogens is 219 g/mol. The zero-order valence-corrected chi connectivity index (χ0v) is 9.27. The van der Waals surface area contributed by atoms with Gasteiger partial charge in [0.1, 0.15) is 6.29 Å². The van der Waals surface area contributed by atoms with Crippen LogP contribution in [0.5, 0.6) is 0 Å². The van der Waals surface area contributed by atoms with E-state index in [1.807, 2.05) is 6.92 Å². The van der Waals surface area contributed by atoms with Gasteiger partial charge in [-0.1, -0.05) is 36.2 Å². The van der Waals surface area contributed by atoms with Crippen molar-refractivity contribution in [1.29, 1.82) is 0 Å². The number of carbonyl (C=O) groups is 1. The molecule has 0 atom stereocenters. The lowest BCUT2D eigenvalue weighted by atomic mass is 10.1. The highest BCUT2D eigenvalue weighted by molar-refractivity contribution is 6.35. The zero-order valence-electron chi connectivity index (χ0n) is 7.76. The van der Waals surface area contributed by atoms with Crippen molar-refractivity contribution in [2.24, 2.45) is 0 Å². The van der Waals surface area contributed by atoms with Gasteiger partial charge in [-0.15, -0.1) is 0 Å². The summed E-state index contributed by atoms with van der Waals surface area (Å²) >= 11 is 11.7. The standard InChI is InChI=1S/C11H10Cl2O/c1-2-8(7-14)5-9-3-4-10(12)6-11(9)13/h3-7H,2H2,1H3. The molecule has 0 aromatic heterocycles. The largest absolute Gasteiger partial charge is 0.298 e. The summed E-state index contributed by atoms with van der Waals surface area (Å²) in [6.45, 7) is 1.92. The molecule has 0 aliphatic rings. The van der Waals surface area contributed by atoms with Crippen LogP contribution in [-0.4, -0.2) is 6.29 Å². The van der Waals surface area contributed by atoms with Crippen molar-refractivity contribution >= 4 is 35.6 Å². The van der Waals surface area contributed by atoms with E-state index in [4.69, 9.17) is 23.2 Å². The first-order chi connectivity index (χ1) is 6.67. The van der Waals surface area contributed by atoms with E-state index in [1.54, 1.807) is 24.3 Å². The van der Waals surface area contributed by atoms with Crippen LogP contribution in [0.25, 0.3) is 6.08 Å². The Morgan fingerprint density at radius 1 is 1.43 bits per heavy atom. The van der Waals surface area contributed by atoms with Gasteiger partial charge in [0.05, 0.1) is 0 Å². The summed E-state index contributed by atoms with van der Waals surface area (Å²) in [4.78, 5) is 10.6. The number of hydrogen-bond donors (Lipinski definition) is 0. The Morgan fingerprint density at radius 3 is 2.64 bits per heavy atom. The van der Waals surface area contributed by atoms with Gasteiger partial charge < -0.3 is 0 Å². The van der Waals surface area contributed by atoms with Crippen molar-refractivity contribution in [3.8, 4) is 0 Å². The van der Waals surface area contributed by atoms with E-state index in [2.05, 4.69) is 0 Å². The number of benzene rings is 1. The summed E-state index contributed by atoms with van der Waals surface area (Å²) in [5.41, 5.74) is 1.54. The van der Waals surface area contributed by atoms with Gasteiger partial charge in [0.15, 0.2) is 0 Å². The normalized spacial score (nSPS) is 11.5. The topological polar surface area (TPSA) is 17.1 Å². The predicted octanol–water partition coefficient (Wildman–Crippen LogP) is 3.99. The molecule has 0 amide bonds. The quantitative estimate of drug-likeness (QED) is 0.565. The van der Waals surface area contributed by atoms with Gasteiger partial charge in [0.25, 0.3) is 0 Å². The van der Waals surface area contributed by atoms with Crippen LogP contribution in [0, 0.1) is 0 Å². The SMILES string of the molecule is CCC(C=O)=Cc1ccc(Cl)cc1Cl. The van der Waals surface area contributed by atoms with Gasteiger partial charge in [0, 0.05) is 10.0 Å². The van der Waals surface area contributed by atoms with Crippen molar-refractivity contribution in [1.82, 2.24) is 0 Å². The van der Waals surface area contributed by atoms with Crippen molar-refractivity contribution in [2.45, 2.75) is 13.3 Å². The minimum atomic E-state index is 0.560. The number of aldehydes is 1. The van der Waals surface area contributed by atoms with E-state index in [9.17, 15) is 4.79 Å². The predicted molar refractivity (Wildman–Crippen MR) is 60.8 cm³/mol. The fraction of sp³-hybridized carbons (Fsp3) is 0.182. The third-order valence-corrected chi connectivity index (χ3v) is 2.43. The Morgan fingerprint density at radius 2 is 2.14 bits per heavy atom. The molecule has 1 aromatic rings. The van der Waals surface area contributed by atoms with Gasteiger partial charge in [-0.25, -0.2) is 0 Å². The van der Waals surface area contributed by atoms with E-state index < -0.39 is 0 Å². The summed E-state index contributed by atoms with van der Waals surface area (Å²) in [6.07, 6.45) is 3.30. The van der Waals surface area contributed by atoms with Crippen molar-refractivity contribution in [3.05, 3.63) is 39.4 Å². The Labute approximate surface area is 93.3 Å². The van der Waals surface area contributed by atoms with Gasteiger partial charge in [-0.05, 0) is 35.8 Å². The molecule has 1 aromatic carbocycles. The first-order valence-electron chi connectivity index (χ1n) is 4.28. The molecule has 3 heteroatoms. The second kappa shape index (κ2) is 5.18. The first-order valence-corrected chi connectivity index (χ1v) is 5.03. The third kappa shape index (κ3) is 2.86. The van der Waals surface area contributed by atoms with Crippen molar-refractivity contribution < 1.29 is 4.79 Å². The molecule has 0 bridgehead atoms. The highest BCUT2D eigenvalue weighted by Gasteiger charge is 1.99. The van der Waals surface area contributed by atoms with E-state index >= 15 is 0 Å². The van der Waals surface area contributed by atoms with Gasteiger partial charge >= 0.3 is 0 Å². The fourth-order valence-corrected chi connectivity index (χ4v) is 1.50. The number of allylic oxidation sites excluding steroid dienone is 1. The molecule has 0 radical (unpaired) electrons. The maximum atomic E-state index is 10.6. The van der Waals surface area contributed by atoms with Crippen molar-refractivity contribution in [2.75, 3.05) is 0 Å². The lowest BCUT2D eigenvalue weighted by molar-refractivity contribution is -0.104. The molecule has 1 rings (SSSR count). The first kappa shape index (κ1) is 11.3. The summed E-state index contributed by atoms with van der Waals surface area (Å²) in [7, 11) is 0. The Kier molecular flexibility index (Phi) is 4.18. The van der Waals surface area contributed by atoms with Gasteiger partial charge in [0.2, 0.25) is 0 Å². The van der Waals surface area contributed by atoms with Crippen LogP contribution in [0.3, 0.4) is 0 Å². The molecule has 0 spiro atoms. The van der Waals surface area contributed by atoms with Gasteiger partial charge in [-0.3, -0.25) is 4.79 Å². The summed E-state index contributed by atoms with van der Waals surface area (Å²) in [6, 6.07) is 5.20. The number of hydrogen-bond acceptors (Lipinski definition) is 1. The Hall–Kier alpha value is -0.790. The van der Waals surface area contributed by atoms with E-state index in [0.717, 1.165) is 11.8 Å². The fourth-order valence-electron chi connectivity index (χ4n) is 1.04. The molecule has 0 unspecified atom stereocenters. The second-order valence-corrected chi connectivity index (χ2v) is 3.70. The van der Waals surface area contributed by atoms with Crippen LogP contribution < -0.4 is 0 Å². The molecule has 0 aliphatic heterocycles. The molecular formula is C11H10Cl2O. The summed E-state index contributed by atoms with van der Waals surface area (Å²) in [5.74, 6) is 0. The molecule has 74 valence electrons. The zero-order chi connectivity index (χ0) is 10.6. The van der Waals surface area contributed by atoms with E-state index in [1.165, 1.54) is 0 Å². The second-order valence-electron chi connectivity index (χ2n) is 2.86. The summed E-state index contributed by atoms with van der Waals surface area (Å²) in [5, 5.41) is 1.15. The van der Waals surface area contributed by atoms with Crippen LogP contribution in [0.15, 0.2) is 23.8 Å². The lowest BCUT2D eigenvalue weighted by Crippen LogP contribution is -1.83. The minimum Gasteiger partial charge on any atom is -0.298 e. The van der Waals surface area contributed by atoms with E-state index in [0.29, 0.717) is 22.0 Å². The van der Waals surface area contributed by atoms with Crippen LogP contribution in [0.2, 0.25) is 10.0 Å². The lowest BCUT2D eigenvalue weighted by Gasteiger charge is -2.00. The Balaban J connectivity index is 3.08. The van der Waals surface area contributed by atoms with Gasteiger partial charge in [-0.2, -0.15) is 0 Å². The molecule has 0 aliphatic carbocycles. The molecule has 0 saturated heterocycles. The smallest absolute Gasteiger partial charge is 0.146 e. The average Bonchev–Trinajstić information content (AvgIpc) is 2.17. The number of rotatable bonds is 3. The maximum absolute atomic E-state index is 10.6. The molecule has 14 heavy (non-hydrogen) atoms. The molecule has 0 saturated carbocycles. The highest BCUT2D eigenvalue weighted by Crippen LogP contribution is 2.23. The molecule has 0 heterocycles. The number of carbonyl (C=O) groups excluding carboxylic acids is 1. The van der Waals surface area contributed by atoms with Crippen LogP contribution in [0.1, 0.15) is 18.9 Å². The minimum absolute atomic E-state index is 0.560. The Bertz CT molecular complexity index is 370. The average molecular weight is 229 g/mol. The van der Waals surface area contributed by atoms with Crippen molar-refractivity contribution in [3.63, 3.8) is 0 Å². The summed E-state index contributed by atoms with van der Waals surface area (Å²) < 4.78 is 0. The number of halogens is 2. The maximum Gasteiger partial charge on any atom is 0.146 e. The molecule has 1 nitrogen and oxygen atoms in total. The molecule has 0 N–H and O–H groups in total. The highest BCUT2D eigenvalue weighted by atomic mass is 35.5. The third-order valence-electron chi connectivity index (χ3n) is 1.86. The van der Waals surface area contributed by atoms with Crippen LogP contribution in [0.4, 0.5) is 0 Å².